The van der Waals surface area contributed by atoms with Crippen molar-refractivity contribution in [2.24, 2.45) is 4.99 Å². The molecule has 0 amide bonds. The van der Waals surface area contributed by atoms with Crippen LogP contribution in [0.3, 0.4) is 0 Å². The summed E-state index contributed by atoms with van der Waals surface area (Å²) in [6, 6.07) is 11.8. The van der Waals surface area contributed by atoms with Crippen LogP contribution < -0.4 is 9.80 Å². The van der Waals surface area contributed by atoms with Crippen LogP contribution in [-0.4, -0.2) is 31.4 Å². The lowest BCUT2D eigenvalue weighted by atomic mass is 9.79. The van der Waals surface area contributed by atoms with Crippen LogP contribution in [0.1, 0.15) is 65.0 Å². The van der Waals surface area contributed by atoms with Gasteiger partial charge in [0.05, 0.1) is 5.69 Å². The van der Waals surface area contributed by atoms with E-state index in [4.69, 9.17) is 0 Å². The third-order valence-electron chi connectivity index (χ3n) is 6.15. The first-order valence-corrected chi connectivity index (χ1v) is 10.8. The van der Waals surface area contributed by atoms with Crippen molar-refractivity contribution in [3.8, 4) is 0 Å². The lowest BCUT2D eigenvalue weighted by Crippen LogP contribution is -2.48. The molecule has 1 atom stereocenters. The van der Waals surface area contributed by atoms with E-state index in [9.17, 15) is 4.39 Å². The van der Waals surface area contributed by atoms with Gasteiger partial charge in [-0.05, 0) is 88.9 Å². The van der Waals surface area contributed by atoms with Crippen LogP contribution in [-0.2, 0) is 0 Å². The summed E-state index contributed by atoms with van der Waals surface area (Å²) in [4.78, 5) is 9.14. The summed E-state index contributed by atoms with van der Waals surface area (Å²) >= 11 is 0. The third-order valence-corrected chi connectivity index (χ3v) is 6.15. The molecule has 0 saturated carbocycles. The minimum atomic E-state index is -0.212. The van der Waals surface area contributed by atoms with Crippen molar-refractivity contribution in [3.05, 3.63) is 53.3 Å². The highest BCUT2D eigenvalue weighted by atomic mass is 19.1. The highest BCUT2D eigenvalue weighted by molar-refractivity contribution is 5.84. The van der Waals surface area contributed by atoms with Crippen molar-refractivity contribution in [1.82, 2.24) is 0 Å². The van der Waals surface area contributed by atoms with Gasteiger partial charge in [0.15, 0.2) is 0 Å². The summed E-state index contributed by atoms with van der Waals surface area (Å²) in [5.74, 6) is 0.180. The zero-order chi connectivity index (χ0) is 21.2. The monoisotopic (exact) mass is 395 g/mol. The molecular formula is C25H34FN3. The molecule has 4 heteroatoms. The summed E-state index contributed by atoms with van der Waals surface area (Å²) in [7, 11) is 0. The molecule has 0 bridgehead atoms. The van der Waals surface area contributed by atoms with Crippen molar-refractivity contribution in [2.45, 2.75) is 59.4 Å². The first-order chi connectivity index (χ1) is 13.8. The van der Waals surface area contributed by atoms with E-state index in [1.807, 2.05) is 18.2 Å². The van der Waals surface area contributed by atoms with Crippen LogP contribution in [0.5, 0.6) is 0 Å². The standard InChI is InChI=1S/C25H34FN3/c1-7-28(8-2)21-12-10-20(11-13-21)27-17-19-14-22-18(4)16-25(5,6)29(9-3)24(22)15-23(19)26/h10-15,17-18H,7-9,16H2,1-6H3. The zero-order valence-electron chi connectivity index (χ0n) is 18.7. The number of nitrogens with zero attached hydrogens (tertiary/aromatic N) is 3. The average molecular weight is 396 g/mol. The SMILES string of the molecule is CCN(CC)c1ccc(N=Cc2cc3c(cc2F)N(CC)C(C)(C)CC3C)cc1. The number of aliphatic imine (C=N–C) groups is 1. The number of benzene rings is 2. The number of hydrogen-bond donors (Lipinski definition) is 0. The fourth-order valence-electron chi connectivity index (χ4n) is 4.70. The predicted octanol–water partition coefficient (Wildman–Crippen LogP) is 6.53. The number of halogens is 1. The van der Waals surface area contributed by atoms with E-state index in [0.717, 1.165) is 37.4 Å². The summed E-state index contributed by atoms with van der Waals surface area (Å²) in [6.07, 6.45) is 2.72. The molecule has 156 valence electrons. The second-order valence-electron chi connectivity index (χ2n) is 8.54. The van der Waals surface area contributed by atoms with Gasteiger partial charge in [-0.15, -0.1) is 0 Å². The molecule has 0 radical (unpaired) electrons. The molecule has 1 heterocycles. The zero-order valence-corrected chi connectivity index (χ0v) is 18.7. The highest BCUT2D eigenvalue weighted by Gasteiger charge is 2.36. The molecule has 3 nitrogen and oxygen atoms in total. The number of fused-ring (bicyclic) bond motifs is 1. The van der Waals surface area contributed by atoms with Crippen molar-refractivity contribution < 1.29 is 4.39 Å². The number of hydrogen-bond acceptors (Lipinski definition) is 3. The maximum atomic E-state index is 14.9. The normalized spacial score (nSPS) is 18.2. The Labute approximate surface area is 175 Å². The van der Waals surface area contributed by atoms with Gasteiger partial charge < -0.3 is 9.80 Å². The fourth-order valence-corrected chi connectivity index (χ4v) is 4.70. The molecule has 2 aromatic rings. The Bertz CT molecular complexity index is 866. The van der Waals surface area contributed by atoms with Crippen molar-refractivity contribution >= 4 is 23.3 Å². The summed E-state index contributed by atoms with van der Waals surface area (Å²) in [5.41, 5.74) is 4.85. The summed E-state index contributed by atoms with van der Waals surface area (Å²) < 4.78 is 14.9. The van der Waals surface area contributed by atoms with E-state index in [2.05, 4.69) is 68.5 Å². The van der Waals surface area contributed by atoms with Crippen LogP contribution >= 0.6 is 0 Å². The molecule has 1 unspecified atom stereocenters. The molecule has 1 aliphatic rings. The second kappa shape index (κ2) is 8.56. The first kappa shape index (κ1) is 21.4. The van der Waals surface area contributed by atoms with Crippen LogP contribution in [0.15, 0.2) is 41.4 Å². The van der Waals surface area contributed by atoms with E-state index >= 15 is 0 Å². The minimum absolute atomic E-state index is 0.0375. The average Bonchev–Trinajstić information content (AvgIpc) is 2.68. The third kappa shape index (κ3) is 4.31. The Morgan fingerprint density at radius 1 is 1.14 bits per heavy atom. The molecule has 29 heavy (non-hydrogen) atoms. The van der Waals surface area contributed by atoms with Gasteiger partial charge in [0.2, 0.25) is 0 Å². The van der Waals surface area contributed by atoms with Gasteiger partial charge in [-0.3, -0.25) is 4.99 Å². The maximum Gasteiger partial charge on any atom is 0.134 e. The smallest absolute Gasteiger partial charge is 0.134 e. The van der Waals surface area contributed by atoms with E-state index in [0.29, 0.717) is 11.5 Å². The molecule has 0 saturated heterocycles. The van der Waals surface area contributed by atoms with Crippen LogP contribution in [0.4, 0.5) is 21.5 Å². The molecule has 0 aliphatic carbocycles. The van der Waals surface area contributed by atoms with Gasteiger partial charge in [-0.2, -0.15) is 0 Å². The quantitative estimate of drug-likeness (QED) is 0.518. The fraction of sp³-hybridized carbons (Fsp3) is 0.480. The highest BCUT2D eigenvalue weighted by Crippen LogP contribution is 2.43. The molecular weight excluding hydrogens is 361 g/mol. The van der Waals surface area contributed by atoms with Gasteiger partial charge >= 0.3 is 0 Å². The van der Waals surface area contributed by atoms with Crippen LogP contribution in [0, 0.1) is 5.82 Å². The molecule has 1 aliphatic heterocycles. The maximum absolute atomic E-state index is 14.9. The van der Waals surface area contributed by atoms with Gasteiger partial charge in [0.1, 0.15) is 5.82 Å². The Morgan fingerprint density at radius 3 is 2.38 bits per heavy atom. The van der Waals surface area contributed by atoms with Crippen molar-refractivity contribution in [1.29, 1.82) is 0 Å². The van der Waals surface area contributed by atoms with Crippen LogP contribution in [0.25, 0.3) is 0 Å². The Hall–Kier alpha value is -2.36. The Morgan fingerprint density at radius 2 is 1.79 bits per heavy atom. The number of rotatable bonds is 6. The number of anilines is 2. The molecule has 0 spiro atoms. The molecule has 2 aromatic carbocycles. The van der Waals surface area contributed by atoms with Gasteiger partial charge in [-0.1, -0.05) is 6.92 Å². The Balaban J connectivity index is 1.88. The topological polar surface area (TPSA) is 18.8 Å². The summed E-state index contributed by atoms with van der Waals surface area (Å²) in [6.45, 7) is 16.0. The van der Waals surface area contributed by atoms with Gasteiger partial charge in [-0.25, -0.2) is 4.39 Å². The van der Waals surface area contributed by atoms with E-state index in [1.54, 1.807) is 12.3 Å². The predicted molar refractivity (Wildman–Crippen MR) is 124 cm³/mol. The van der Waals surface area contributed by atoms with E-state index in [1.165, 1.54) is 11.3 Å². The van der Waals surface area contributed by atoms with Crippen molar-refractivity contribution in [2.75, 3.05) is 29.4 Å². The lowest BCUT2D eigenvalue weighted by molar-refractivity contribution is 0.380. The van der Waals surface area contributed by atoms with Gasteiger partial charge in [0.25, 0.3) is 0 Å². The molecule has 0 fully saturated rings. The van der Waals surface area contributed by atoms with Crippen LogP contribution in [0.2, 0.25) is 0 Å². The second-order valence-corrected chi connectivity index (χ2v) is 8.54. The lowest BCUT2D eigenvalue weighted by Gasteiger charge is -2.47. The summed E-state index contributed by atoms with van der Waals surface area (Å²) in [5, 5.41) is 0. The largest absolute Gasteiger partial charge is 0.372 e. The van der Waals surface area contributed by atoms with Gasteiger partial charge in [0, 0.05) is 48.3 Å². The van der Waals surface area contributed by atoms with E-state index < -0.39 is 0 Å². The molecule has 3 rings (SSSR count). The Kier molecular flexibility index (Phi) is 6.30. The minimum Gasteiger partial charge on any atom is -0.372 e. The molecule has 0 N–H and O–H groups in total. The first-order valence-electron chi connectivity index (χ1n) is 10.8. The van der Waals surface area contributed by atoms with E-state index in [-0.39, 0.29) is 11.4 Å². The molecule has 0 aromatic heterocycles. The van der Waals surface area contributed by atoms with Crippen molar-refractivity contribution in [3.63, 3.8) is 0 Å².